The minimum atomic E-state index is 1.25. The summed E-state index contributed by atoms with van der Waals surface area (Å²) >= 11 is 0. The average molecular weight is 208 g/mol. The van der Waals surface area contributed by atoms with Crippen LogP contribution >= 0.6 is 0 Å². The molecule has 0 amide bonds. The summed E-state index contributed by atoms with van der Waals surface area (Å²) < 4.78 is 0. The van der Waals surface area contributed by atoms with Crippen LogP contribution in [0.5, 0.6) is 0 Å². The van der Waals surface area contributed by atoms with E-state index in [0.717, 1.165) is 0 Å². The second-order valence-corrected chi connectivity index (χ2v) is 4.14. The van der Waals surface area contributed by atoms with Crippen molar-refractivity contribution in [2.24, 2.45) is 0 Å². The Hall–Kier alpha value is -1.82. The molecule has 0 nitrogen and oxygen atoms in total. The van der Waals surface area contributed by atoms with Crippen LogP contribution in [-0.4, -0.2) is 0 Å². The van der Waals surface area contributed by atoms with Gasteiger partial charge in [-0.05, 0) is 35.9 Å². The van der Waals surface area contributed by atoms with Gasteiger partial charge in [-0.2, -0.15) is 0 Å². The van der Waals surface area contributed by atoms with Crippen LogP contribution in [0.3, 0.4) is 0 Å². The molecule has 0 aromatic heterocycles. The molecule has 0 spiro atoms. The Morgan fingerprint density at radius 2 is 1.44 bits per heavy atom. The largest absolute Gasteiger partial charge is 0.0686 e. The Kier molecular flexibility index (Phi) is 3.21. The SMILES string of the molecule is CC(C)=c1cccc/c1=C\c1ccccc1. The van der Waals surface area contributed by atoms with Crippen molar-refractivity contribution in [2.75, 3.05) is 0 Å². The van der Waals surface area contributed by atoms with Crippen LogP contribution < -0.4 is 10.4 Å². The number of benzene rings is 2. The molecule has 0 aliphatic heterocycles. The van der Waals surface area contributed by atoms with E-state index in [1.165, 1.54) is 21.6 Å². The van der Waals surface area contributed by atoms with Crippen LogP contribution in [0.25, 0.3) is 11.6 Å². The third-order valence-electron chi connectivity index (χ3n) is 2.62. The highest BCUT2D eigenvalue weighted by atomic mass is 13.9. The standard InChI is InChI=1S/C16H16/c1-13(2)16-11-7-6-10-15(16)12-14-8-4-3-5-9-14/h3-12H,1-2H3/b15-12+. The predicted octanol–water partition coefficient (Wildman–Crippen LogP) is 2.71. The van der Waals surface area contributed by atoms with Gasteiger partial charge in [-0.15, -0.1) is 0 Å². The molecule has 0 heteroatoms. The van der Waals surface area contributed by atoms with Crippen molar-refractivity contribution >= 4 is 11.6 Å². The summed E-state index contributed by atoms with van der Waals surface area (Å²) in [6, 6.07) is 18.9. The lowest BCUT2D eigenvalue weighted by Crippen LogP contribution is -2.25. The highest BCUT2D eigenvalue weighted by molar-refractivity contribution is 5.51. The molecule has 0 fully saturated rings. The van der Waals surface area contributed by atoms with Gasteiger partial charge in [0.15, 0.2) is 0 Å². The third-order valence-corrected chi connectivity index (χ3v) is 2.62. The summed E-state index contributed by atoms with van der Waals surface area (Å²) in [5.41, 5.74) is 2.60. The van der Waals surface area contributed by atoms with Crippen molar-refractivity contribution in [2.45, 2.75) is 13.8 Å². The van der Waals surface area contributed by atoms with E-state index >= 15 is 0 Å². The fourth-order valence-corrected chi connectivity index (χ4v) is 1.81. The molecule has 0 atom stereocenters. The van der Waals surface area contributed by atoms with Gasteiger partial charge in [-0.3, -0.25) is 0 Å². The molecule has 0 saturated heterocycles. The van der Waals surface area contributed by atoms with E-state index in [0.29, 0.717) is 0 Å². The molecule has 16 heavy (non-hydrogen) atoms. The molecule has 0 radical (unpaired) electrons. The maximum atomic E-state index is 2.22. The minimum Gasteiger partial charge on any atom is -0.0686 e. The molecule has 2 aromatic carbocycles. The summed E-state index contributed by atoms with van der Waals surface area (Å²) in [6.45, 7) is 4.30. The van der Waals surface area contributed by atoms with E-state index < -0.39 is 0 Å². The Labute approximate surface area is 96.6 Å². The molecule has 0 aliphatic carbocycles. The zero-order chi connectivity index (χ0) is 11.4. The highest BCUT2D eigenvalue weighted by Gasteiger charge is 1.88. The van der Waals surface area contributed by atoms with E-state index in [2.05, 4.69) is 68.5 Å². The fourth-order valence-electron chi connectivity index (χ4n) is 1.81. The maximum Gasteiger partial charge on any atom is -0.0179 e. The van der Waals surface area contributed by atoms with Gasteiger partial charge in [0.2, 0.25) is 0 Å². The zero-order valence-corrected chi connectivity index (χ0v) is 9.77. The summed E-state index contributed by atoms with van der Waals surface area (Å²) in [7, 11) is 0. The average Bonchev–Trinajstić information content (AvgIpc) is 2.31. The Morgan fingerprint density at radius 3 is 2.12 bits per heavy atom. The van der Waals surface area contributed by atoms with Crippen molar-refractivity contribution in [3.63, 3.8) is 0 Å². The van der Waals surface area contributed by atoms with Crippen LogP contribution in [0, 0.1) is 0 Å². The van der Waals surface area contributed by atoms with Crippen LogP contribution in [0.4, 0.5) is 0 Å². The first-order valence-corrected chi connectivity index (χ1v) is 5.57. The molecule has 2 rings (SSSR count). The first-order valence-electron chi connectivity index (χ1n) is 5.57. The second kappa shape index (κ2) is 4.80. The summed E-state index contributed by atoms with van der Waals surface area (Å²) in [6.07, 6.45) is 2.22. The van der Waals surface area contributed by atoms with Gasteiger partial charge in [0, 0.05) is 0 Å². The van der Waals surface area contributed by atoms with Crippen molar-refractivity contribution < 1.29 is 0 Å². The quantitative estimate of drug-likeness (QED) is 0.676. The lowest BCUT2D eigenvalue weighted by Gasteiger charge is -1.95. The molecule has 2 aromatic rings. The lowest BCUT2D eigenvalue weighted by atomic mass is 10.1. The predicted molar refractivity (Wildman–Crippen MR) is 70.5 cm³/mol. The molecule has 0 heterocycles. The third kappa shape index (κ3) is 2.40. The Bertz CT molecular complexity index is 573. The van der Waals surface area contributed by atoms with Crippen molar-refractivity contribution in [3.05, 3.63) is 70.6 Å². The number of hydrogen-bond donors (Lipinski definition) is 0. The van der Waals surface area contributed by atoms with Gasteiger partial charge in [0.05, 0.1) is 0 Å². The molecule has 0 N–H and O–H groups in total. The monoisotopic (exact) mass is 208 g/mol. The summed E-state index contributed by atoms with van der Waals surface area (Å²) in [4.78, 5) is 0. The van der Waals surface area contributed by atoms with Gasteiger partial charge in [0.25, 0.3) is 0 Å². The smallest absolute Gasteiger partial charge is 0.0179 e. The van der Waals surface area contributed by atoms with Crippen LogP contribution in [-0.2, 0) is 0 Å². The molecular formula is C16H16. The van der Waals surface area contributed by atoms with Crippen molar-refractivity contribution in [3.8, 4) is 0 Å². The molecular weight excluding hydrogens is 192 g/mol. The van der Waals surface area contributed by atoms with Crippen LogP contribution in [0.2, 0.25) is 0 Å². The molecule has 80 valence electrons. The van der Waals surface area contributed by atoms with Crippen molar-refractivity contribution in [1.82, 2.24) is 0 Å². The van der Waals surface area contributed by atoms with Gasteiger partial charge in [-0.25, -0.2) is 0 Å². The summed E-state index contributed by atoms with van der Waals surface area (Å²) in [5, 5.41) is 2.61. The van der Waals surface area contributed by atoms with E-state index in [4.69, 9.17) is 0 Å². The number of hydrogen-bond acceptors (Lipinski definition) is 0. The topological polar surface area (TPSA) is 0 Å². The van der Waals surface area contributed by atoms with Crippen LogP contribution in [0.15, 0.2) is 54.6 Å². The molecule has 0 unspecified atom stereocenters. The normalized spacial score (nSPS) is 11.5. The first kappa shape index (κ1) is 10.7. The van der Waals surface area contributed by atoms with Gasteiger partial charge in [0.1, 0.15) is 0 Å². The van der Waals surface area contributed by atoms with Crippen LogP contribution in [0.1, 0.15) is 19.4 Å². The number of rotatable bonds is 1. The van der Waals surface area contributed by atoms with E-state index in [9.17, 15) is 0 Å². The maximum absolute atomic E-state index is 2.22. The van der Waals surface area contributed by atoms with E-state index in [1.54, 1.807) is 0 Å². The Morgan fingerprint density at radius 1 is 0.812 bits per heavy atom. The molecule has 0 bridgehead atoms. The van der Waals surface area contributed by atoms with Crippen molar-refractivity contribution in [1.29, 1.82) is 0 Å². The van der Waals surface area contributed by atoms with Gasteiger partial charge in [-0.1, -0.05) is 60.2 Å². The van der Waals surface area contributed by atoms with E-state index in [1.807, 2.05) is 6.07 Å². The Balaban J connectivity index is 2.67. The van der Waals surface area contributed by atoms with E-state index in [-0.39, 0.29) is 0 Å². The fraction of sp³-hybridized carbons (Fsp3) is 0.125. The van der Waals surface area contributed by atoms with Gasteiger partial charge < -0.3 is 0 Å². The second-order valence-electron chi connectivity index (χ2n) is 4.14. The first-order chi connectivity index (χ1) is 7.77. The minimum absolute atomic E-state index is 1.25. The van der Waals surface area contributed by atoms with Gasteiger partial charge >= 0.3 is 0 Å². The molecule has 0 saturated carbocycles. The zero-order valence-electron chi connectivity index (χ0n) is 9.77. The summed E-state index contributed by atoms with van der Waals surface area (Å²) in [5.74, 6) is 0. The lowest BCUT2D eigenvalue weighted by molar-refractivity contribution is 1.43. The highest BCUT2D eigenvalue weighted by Crippen LogP contribution is 1.97. The molecule has 0 aliphatic rings.